The van der Waals surface area contributed by atoms with E-state index in [4.69, 9.17) is 0 Å². The van der Waals surface area contributed by atoms with Gasteiger partial charge in [-0.3, -0.25) is 0 Å². The van der Waals surface area contributed by atoms with Crippen molar-refractivity contribution in [3.63, 3.8) is 0 Å². The summed E-state index contributed by atoms with van der Waals surface area (Å²) in [6.07, 6.45) is 0. The number of rotatable bonds is 2. The van der Waals surface area contributed by atoms with Gasteiger partial charge in [0.1, 0.15) is 7.05 Å². The van der Waals surface area contributed by atoms with Crippen LogP contribution in [0.15, 0.2) is 0 Å². The van der Waals surface area contributed by atoms with Crippen molar-refractivity contribution in [1.82, 2.24) is 25.8 Å². The predicted molar refractivity (Wildman–Crippen MR) is 52.5 cm³/mol. The smallest absolute Gasteiger partial charge is 0.233 e. The maximum absolute atomic E-state index is 11.3. The molecule has 0 saturated carbocycles. The highest BCUT2D eigenvalue weighted by Gasteiger charge is 2.31. The van der Waals surface area contributed by atoms with Gasteiger partial charge in [-0.2, -0.15) is 9.59 Å². The third kappa shape index (κ3) is 4.75. The number of nitrogens with one attached hydrogen (secondary N) is 2. The van der Waals surface area contributed by atoms with E-state index in [1.807, 2.05) is 0 Å². The highest BCUT2D eigenvalue weighted by atomic mass is 16.2. The fourth-order valence-corrected chi connectivity index (χ4v) is 0.625. The third-order valence-corrected chi connectivity index (χ3v) is 1.25. The molecule has 14 heavy (non-hydrogen) atoms. The number of carbonyl (C=O) groups excluding carboxylic acids is 2. The molecule has 81 valence electrons. The van der Waals surface area contributed by atoms with Gasteiger partial charge in [0.25, 0.3) is 0 Å². The van der Waals surface area contributed by atoms with Crippen LogP contribution in [-0.2, 0) is 0 Å². The molecule has 0 bridgehead atoms. The topological polar surface area (TPSA) is 70.6 Å². The molecule has 0 aliphatic carbocycles. The molecule has 4 amide bonds. The first-order valence-corrected chi connectivity index (χ1v) is 4.04. The van der Waals surface area contributed by atoms with E-state index >= 15 is 0 Å². The van der Waals surface area contributed by atoms with Crippen LogP contribution in [-0.4, -0.2) is 57.3 Å². The maximum atomic E-state index is 11.3. The maximum Gasteiger partial charge on any atom is 0.489 e. The molecule has 0 aromatic heterocycles. The number of nitrogens with zero attached hydrogens (tertiary/aromatic N) is 3. The van der Waals surface area contributed by atoms with Gasteiger partial charge in [-0.05, 0) is 0 Å². The molecule has 0 atom stereocenters. The zero-order chi connectivity index (χ0) is 11.3. The number of hydrogen-bond acceptors (Lipinski definition) is 4. The molecule has 0 aliphatic heterocycles. The van der Waals surface area contributed by atoms with Crippen molar-refractivity contribution in [3.8, 4) is 0 Å². The summed E-state index contributed by atoms with van der Waals surface area (Å²) in [7, 11) is 8.04. The van der Waals surface area contributed by atoms with E-state index in [0.29, 0.717) is 0 Å². The lowest BCUT2D eigenvalue weighted by atomic mass is 10.7. The Hall–Kier alpha value is -1.18. The first kappa shape index (κ1) is 12.8. The summed E-state index contributed by atoms with van der Waals surface area (Å²) in [5, 5.41) is 2.92. The zero-order valence-electron chi connectivity index (χ0n) is 9.16. The fourth-order valence-electron chi connectivity index (χ4n) is 0.625. The van der Waals surface area contributed by atoms with Gasteiger partial charge in [0.15, 0.2) is 0 Å². The van der Waals surface area contributed by atoms with Gasteiger partial charge >= 0.3 is 12.1 Å². The Morgan fingerprint density at radius 1 is 0.929 bits per heavy atom. The Morgan fingerprint density at radius 3 is 1.43 bits per heavy atom. The average molecular weight is 203 g/mol. The Morgan fingerprint density at radius 2 is 1.21 bits per heavy atom. The van der Waals surface area contributed by atoms with Crippen molar-refractivity contribution in [3.05, 3.63) is 0 Å². The van der Waals surface area contributed by atoms with Gasteiger partial charge in [-0.25, -0.2) is 20.9 Å². The first-order chi connectivity index (χ1) is 6.34. The van der Waals surface area contributed by atoms with Crippen molar-refractivity contribution in [2.24, 2.45) is 0 Å². The van der Waals surface area contributed by atoms with E-state index in [2.05, 4.69) is 10.9 Å². The highest BCUT2D eigenvalue weighted by Crippen LogP contribution is 1.82. The highest BCUT2D eigenvalue weighted by molar-refractivity contribution is 5.96. The second kappa shape index (κ2) is 5.53. The molecule has 7 nitrogen and oxygen atoms in total. The molecule has 7 heteroatoms. The molecular weight excluding hydrogens is 186 g/mol. The van der Waals surface area contributed by atoms with Gasteiger partial charge in [-0.1, -0.05) is 0 Å². The molecule has 0 unspecified atom stereocenters. The number of urea groups is 2. The Kier molecular flexibility index (Phi) is 5.06. The fraction of sp³-hybridized carbons (Fsp3) is 0.714. The second-order valence-corrected chi connectivity index (χ2v) is 3.18. The number of hydrogen-bond donors (Lipinski definition) is 2. The van der Waals surface area contributed by atoms with E-state index < -0.39 is 12.1 Å². The Labute approximate surface area is 83.6 Å². The van der Waals surface area contributed by atoms with Crippen molar-refractivity contribution >= 4 is 12.1 Å². The molecule has 0 heterocycles. The van der Waals surface area contributed by atoms with Gasteiger partial charge in [0.2, 0.25) is 0 Å². The summed E-state index contributed by atoms with van der Waals surface area (Å²) in [6.45, 7) is 0. The van der Waals surface area contributed by atoms with E-state index in [1.165, 1.54) is 17.1 Å². The van der Waals surface area contributed by atoms with Crippen LogP contribution in [0.5, 0.6) is 0 Å². The predicted octanol–water partition coefficient (Wildman–Crippen LogP) is -0.871. The van der Waals surface area contributed by atoms with Gasteiger partial charge in [0, 0.05) is 33.1 Å². The summed E-state index contributed by atoms with van der Waals surface area (Å²) in [5.41, 5.74) is 4.88. The van der Waals surface area contributed by atoms with E-state index in [0.717, 1.165) is 4.90 Å². The Balaban J connectivity index is 4.11. The summed E-state index contributed by atoms with van der Waals surface area (Å²) in [5.74, 6) is 0. The van der Waals surface area contributed by atoms with E-state index in [1.54, 1.807) is 28.2 Å². The van der Waals surface area contributed by atoms with Crippen LogP contribution in [0, 0.1) is 0 Å². The number of amides is 4. The van der Waals surface area contributed by atoms with Crippen molar-refractivity contribution in [1.29, 1.82) is 0 Å². The first-order valence-electron chi connectivity index (χ1n) is 4.04. The van der Waals surface area contributed by atoms with Gasteiger partial charge in [-0.15, -0.1) is 0 Å². The molecular formula is C7H17N5O2+. The lowest BCUT2D eigenvalue weighted by Crippen LogP contribution is -2.55. The molecule has 0 spiro atoms. The number of carbonyl (C=O) groups is 2. The zero-order valence-corrected chi connectivity index (χ0v) is 9.16. The SMILES string of the molecule is CN(C)NC(=O)[N+](C)C(=O)NN(C)C. The van der Waals surface area contributed by atoms with Crippen molar-refractivity contribution in [2.75, 3.05) is 35.2 Å². The van der Waals surface area contributed by atoms with Crippen molar-refractivity contribution < 1.29 is 9.59 Å². The lowest BCUT2D eigenvalue weighted by molar-refractivity contribution is 0.181. The molecule has 0 fully saturated rings. The normalized spacial score (nSPS) is 10.9. The van der Waals surface area contributed by atoms with Gasteiger partial charge in [0.05, 0.1) is 0 Å². The summed E-state index contributed by atoms with van der Waals surface area (Å²) < 4.78 is 0. The molecule has 0 aromatic carbocycles. The molecule has 0 aromatic rings. The van der Waals surface area contributed by atoms with Crippen LogP contribution in [0.1, 0.15) is 0 Å². The minimum atomic E-state index is -0.491. The molecule has 1 radical (unpaired) electrons. The van der Waals surface area contributed by atoms with E-state index in [-0.39, 0.29) is 0 Å². The quantitative estimate of drug-likeness (QED) is 0.452. The largest absolute Gasteiger partial charge is 0.489 e. The summed E-state index contributed by atoms with van der Waals surface area (Å²) in [4.78, 5) is 23.5. The van der Waals surface area contributed by atoms with Crippen LogP contribution < -0.4 is 15.8 Å². The van der Waals surface area contributed by atoms with Crippen LogP contribution in [0.25, 0.3) is 0 Å². The van der Waals surface area contributed by atoms with Crippen LogP contribution >= 0.6 is 0 Å². The average Bonchev–Trinajstić information content (AvgIpc) is 2.00. The van der Waals surface area contributed by atoms with E-state index in [9.17, 15) is 9.59 Å². The summed E-state index contributed by atoms with van der Waals surface area (Å²) >= 11 is 0. The molecule has 2 N–H and O–H groups in total. The van der Waals surface area contributed by atoms with Crippen molar-refractivity contribution in [2.45, 2.75) is 0 Å². The minimum Gasteiger partial charge on any atom is -0.233 e. The number of hydrazine groups is 2. The summed E-state index contributed by atoms with van der Waals surface area (Å²) in [6, 6.07) is -0.983. The number of imide groups is 1. The lowest BCUT2D eigenvalue weighted by Gasteiger charge is -2.12. The van der Waals surface area contributed by atoms with Crippen LogP contribution in [0.2, 0.25) is 0 Å². The minimum absolute atomic E-state index is 0.491. The monoisotopic (exact) mass is 203 g/mol. The van der Waals surface area contributed by atoms with Crippen LogP contribution in [0.3, 0.4) is 0 Å². The molecule has 0 saturated heterocycles. The second-order valence-electron chi connectivity index (χ2n) is 3.18. The van der Waals surface area contributed by atoms with Gasteiger partial charge < -0.3 is 0 Å². The Bertz CT molecular complexity index is 194. The standard InChI is InChI=1S/C7H17N5O2/c1-10(2)8-6(13)12(5)7(14)9-11(3)4/h1-5H3,(H,8,13)(H,9,14)/q+1. The molecule has 0 aliphatic rings. The third-order valence-electron chi connectivity index (χ3n) is 1.25. The molecule has 0 rings (SSSR count). The van der Waals surface area contributed by atoms with Crippen LogP contribution in [0.4, 0.5) is 9.59 Å².